The zero-order valence-electron chi connectivity index (χ0n) is 13.2. The molecule has 0 bridgehead atoms. The van der Waals surface area contributed by atoms with Crippen LogP contribution in [0, 0.1) is 0 Å². The number of fused-ring (bicyclic) bond motifs is 1. The van der Waals surface area contributed by atoms with Crippen molar-refractivity contribution in [2.24, 2.45) is 0 Å². The molecule has 0 aliphatic carbocycles. The van der Waals surface area contributed by atoms with Gasteiger partial charge in [-0.25, -0.2) is 4.98 Å². The molecule has 2 aliphatic rings. The second kappa shape index (κ2) is 6.32. The van der Waals surface area contributed by atoms with E-state index >= 15 is 0 Å². The molecule has 7 heteroatoms. The first kappa shape index (κ1) is 15.3. The van der Waals surface area contributed by atoms with Crippen LogP contribution in [0.1, 0.15) is 35.3 Å². The number of hydrogen-bond acceptors (Lipinski definition) is 5. The molecule has 2 aromatic heterocycles. The van der Waals surface area contributed by atoms with Crippen LogP contribution in [-0.2, 0) is 11.3 Å². The molecule has 2 saturated heterocycles. The number of carbonyl (C=O) groups is 2. The van der Waals surface area contributed by atoms with Crippen LogP contribution in [-0.4, -0.2) is 50.2 Å². The van der Waals surface area contributed by atoms with Crippen molar-refractivity contribution < 1.29 is 9.59 Å². The number of carbonyl (C=O) groups excluding carboxylic acids is 2. The fourth-order valence-corrected chi connectivity index (χ4v) is 4.28. The van der Waals surface area contributed by atoms with Crippen molar-refractivity contribution in [2.75, 3.05) is 6.54 Å². The minimum atomic E-state index is -0.0121. The quantitative estimate of drug-likeness (QED) is 0.855. The van der Waals surface area contributed by atoms with Gasteiger partial charge in [-0.3, -0.25) is 14.6 Å². The standard InChI is InChI=1S/C17H18N4O2S/c22-16-2-1-14-15(21(16)9-12-3-6-18-7-4-12)5-8-20(14)17(23)13-10-24-11-19-13/h3-4,6-7,10-11,14-15H,1-2,5,8-9H2/t14-,15-/m1/s1. The van der Waals surface area contributed by atoms with Gasteiger partial charge < -0.3 is 9.80 Å². The van der Waals surface area contributed by atoms with E-state index in [0.717, 1.165) is 18.4 Å². The molecular formula is C17H18N4O2S. The van der Waals surface area contributed by atoms with Gasteiger partial charge in [-0.2, -0.15) is 0 Å². The summed E-state index contributed by atoms with van der Waals surface area (Å²) >= 11 is 1.43. The highest BCUT2D eigenvalue weighted by atomic mass is 32.1. The van der Waals surface area contributed by atoms with Crippen molar-refractivity contribution >= 4 is 23.2 Å². The Balaban J connectivity index is 1.54. The Morgan fingerprint density at radius 1 is 1.25 bits per heavy atom. The van der Waals surface area contributed by atoms with Crippen molar-refractivity contribution in [1.29, 1.82) is 0 Å². The number of likely N-dealkylation sites (tertiary alicyclic amines) is 2. The molecule has 2 aliphatic heterocycles. The summed E-state index contributed by atoms with van der Waals surface area (Å²) in [6, 6.07) is 4.06. The summed E-state index contributed by atoms with van der Waals surface area (Å²) in [4.78, 5) is 37.1. The average Bonchev–Trinajstić information content (AvgIpc) is 3.27. The summed E-state index contributed by atoms with van der Waals surface area (Å²) in [6.45, 7) is 1.27. The second-order valence-corrected chi connectivity index (χ2v) is 6.93. The number of hydrogen-bond donors (Lipinski definition) is 0. The third kappa shape index (κ3) is 2.69. The lowest BCUT2D eigenvalue weighted by molar-refractivity contribution is -0.138. The van der Waals surface area contributed by atoms with Gasteiger partial charge in [0.05, 0.1) is 17.6 Å². The highest BCUT2D eigenvalue weighted by Gasteiger charge is 2.45. The fraction of sp³-hybridized carbons (Fsp3) is 0.412. The van der Waals surface area contributed by atoms with Crippen molar-refractivity contribution in [2.45, 2.75) is 37.9 Å². The molecule has 0 radical (unpaired) electrons. The Kier molecular flexibility index (Phi) is 4.02. The first-order chi connectivity index (χ1) is 11.7. The molecule has 2 fully saturated rings. The first-order valence-corrected chi connectivity index (χ1v) is 9.06. The predicted molar refractivity (Wildman–Crippen MR) is 89.4 cm³/mol. The largest absolute Gasteiger partial charge is 0.333 e. The Morgan fingerprint density at radius 2 is 2.08 bits per heavy atom. The molecule has 0 aromatic carbocycles. The maximum Gasteiger partial charge on any atom is 0.273 e. The lowest BCUT2D eigenvalue weighted by atomic mass is 9.95. The Bertz CT molecular complexity index is 734. The zero-order valence-corrected chi connectivity index (χ0v) is 14.0. The van der Waals surface area contributed by atoms with Gasteiger partial charge in [-0.1, -0.05) is 0 Å². The smallest absolute Gasteiger partial charge is 0.273 e. The lowest BCUT2D eigenvalue weighted by Crippen LogP contribution is -2.52. The van der Waals surface area contributed by atoms with Gasteiger partial charge in [0.2, 0.25) is 5.91 Å². The Morgan fingerprint density at radius 3 is 2.83 bits per heavy atom. The average molecular weight is 342 g/mol. The third-order valence-electron chi connectivity index (χ3n) is 4.90. The molecule has 4 rings (SSSR count). The molecule has 6 nitrogen and oxygen atoms in total. The van der Waals surface area contributed by atoms with E-state index in [1.807, 2.05) is 21.9 Å². The van der Waals surface area contributed by atoms with Crippen LogP contribution < -0.4 is 0 Å². The summed E-state index contributed by atoms with van der Waals surface area (Å²) in [5, 5.41) is 1.79. The van der Waals surface area contributed by atoms with E-state index in [4.69, 9.17) is 0 Å². The summed E-state index contributed by atoms with van der Waals surface area (Å²) in [6.07, 6.45) is 5.55. The van der Waals surface area contributed by atoms with Gasteiger partial charge in [-0.05, 0) is 30.5 Å². The summed E-state index contributed by atoms with van der Waals surface area (Å²) in [7, 11) is 0. The maximum atomic E-state index is 12.7. The summed E-state index contributed by atoms with van der Waals surface area (Å²) < 4.78 is 0. The van der Waals surface area contributed by atoms with Crippen LogP contribution in [0.15, 0.2) is 35.4 Å². The Hall–Kier alpha value is -2.28. The number of piperidine rings is 1. The summed E-state index contributed by atoms with van der Waals surface area (Å²) in [5.74, 6) is 0.165. The van der Waals surface area contributed by atoms with Crippen molar-refractivity contribution in [3.63, 3.8) is 0 Å². The van der Waals surface area contributed by atoms with Crippen LogP contribution in [0.3, 0.4) is 0 Å². The van der Waals surface area contributed by atoms with E-state index in [0.29, 0.717) is 25.2 Å². The molecule has 124 valence electrons. The molecule has 2 aromatic rings. The van der Waals surface area contributed by atoms with Crippen LogP contribution in [0.5, 0.6) is 0 Å². The highest BCUT2D eigenvalue weighted by molar-refractivity contribution is 7.07. The minimum Gasteiger partial charge on any atom is -0.333 e. The zero-order chi connectivity index (χ0) is 16.5. The predicted octanol–water partition coefficient (Wildman–Crippen LogP) is 1.94. The van der Waals surface area contributed by atoms with E-state index in [1.165, 1.54) is 11.3 Å². The maximum absolute atomic E-state index is 12.7. The molecule has 0 unspecified atom stereocenters. The first-order valence-electron chi connectivity index (χ1n) is 8.11. The number of pyridine rings is 1. The molecule has 2 atom stereocenters. The molecule has 0 N–H and O–H groups in total. The molecule has 0 saturated carbocycles. The van der Waals surface area contributed by atoms with Crippen molar-refractivity contribution in [3.05, 3.63) is 46.7 Å². The van der Waals surface area contributed by atoms with Gasteiger partial charge in [0, 0.05) is 37.3 Å². The van der Waals surface area contributed by atoms with Crippen molar-refractivity contribution in [3.8, 4) is 0 Å². The normalized spacial score (nSPS) is 23.4. The topological polar surface area (TPSA) is 66.4 Å². The molecule has 24 heavy (non-hydrogen) atoms. The minimum absolute atomic E-state index is 0.0121. The van der Waals surface area contributed by atoms with E-state index in [9.17, 15) is 9.59 Å². The van der Waals surface area contributed by atoms with Gasteiger partial charge in [-0.15, -0.1) is 11.3 Å². The number of nitrogens with zero attached hydrogens (tertiary/aromatic N) is 4. The van der Waals surface area contributed by atoms with E-state index in [1.54, 1.807) is 23.3 Å². The summed E-state index contributed by atoms with van der Waals surface area (Å²) in [5.41, 5.74) is 3.27. The van der Waals surface area contributed by atoms with Crippen LogP contribution >= 0.6 is 11.3 Å². The van der Waals surface area contributed by atoms with Gasteiger partial charge >= 0.3 is 0 Å². The second-order valence-electron chi connectivity index (χ2n) is 6.21. The van der Waals surface area contributed by atoms with Gasteiger partial charge in [0.15, 0.2) is 0 Å². The van der Waals surface area contributed by atoms with Crippen LogP contribution in [0.4, 0.5) is 0 Å². The molecule has 2 amide bonds. The molecular weight excluding hydrogens is 324 g/mol. The molecule has 0 spiro atoms. The van der Waals surface area contributed by atoms with Gasteiger partial charge in [0.25, 0.3) is 5.91 Å². The van der Waals surface area contributed by atoms with Crippen molar-refractivity contribution in [1.82, 2.24) is 19.8 Å². The van der Waals surface area contributed by atoms with Crippen LogP contribution in [0.25, 0.3) is 0 Å². The number of thiazole rings is 1. The monoisotopic (exact) mass is 342 g/mol. The highest BCUT2D eigenvalue weighted by Crippen LogP contribution is 2.33. The van der Waals surface area contributed by atoms with E-state index in [2.05, 4.69) is 9.97 Å². The lowest BCUT2D eigenvalue weighted by Gasteiger charge is -2.39. The molecule has 4 heterocycles. The van der Waals surface area contributed by atoms with Crippen LogP contribution in [0.2, 0.25) is 0 Å². The fourth-order valence-electron chi connectivity index (χ4n) is 3.76. The number of amides is 2. The SMILES string of the molecule is O=C1CC[C@@H]2[C@@H](CCN2C(=O)c2cscn2)N1Cc1ccncc1. The number of aromatic nitrogens is 2. The number of rotatable bonds is 3. The van der Waals surface area contributed by atoms with Gasteiger partial charge in [0.1, 0.15) is 5.69 Å². The Labute approximate surface area is 144 Å². The third-order valence-corrected chi connectivity index (χ3v) is 5.49. The van der Waals surface area contributed by atoms with E-state index < -0.39 is 0 Å². The van der Waals surface area contributed by atoms with E-state index in [-0.39, 0.29) is 23.9 Å².